The number of amides is 1. The molecule has 1 amide bonds. The zero-order valence-corrected chi connectivity index (χ0v) is 20.3. The van der Waals surface area contributed by atoms with Gasteiger partial charge in [0.15, 0.2) is 0 Å². The summed E-state index contributed by atoms with van der Waals surface area (Å²) < 4.78 is 19.4. The maximum atomic E-state index is 14.2. The minimum Gasteiger partial charge on any atom is -0.481 e. The topological polar surface area (TPSA) is 113 Å². The van der Waals surface area contributed by atoms with Crippen LogP contribution in [0.5, 0.6) is 0 Å². The van der Waals surface area contributed by atoms with E-state index in [4.69, 9.17) is 16.1 Å². The highest BCUT2D eigenvalue weighted by Crippen LogP contribution is 2.28. The molecule has 3 aromatic rings. The summed E-state index contributed by atoms with van der Waals surface area (Å²) in [6, 6.07) is 12.3. The molecule has 0 aliphatic carbocycles. The van der Waals surface area contributed by atoms with E-state index < -0.39 is 35.8 Å². The van der Waals surface area contributed by atoms with Gasteiger partial charge >= 0.3 is 5.97 Å². The van der Waals surface area contributed by atoms with Gasteiger partial charge < -0.3 is 20.1 Å². The van der Waals surface area contributed by atoms with Crippen molar-refractivity contribution in [2.45, 2.75) is 45.6 Å². The first-order chi connectivity index (χ1) is 16.6. The number of hydrogen-bond donors (Lipinski definition) is 3. The molecule has 7 nitrogen and oxygen atoms in total. The van der Waals surface area contributed by atoms with Gasteiger partial charge in [-0.1, -0.05) is 54.4 Å². The molecule has 0 aliphatic rings. The number of aliphatic hydroxyl groups is 1. The molecule has 3 N–H and O–H groups in total. The monoisotopic (exact) mass is 502 g/mol. The van der Waals surface area contributed by atoms with Gasteiger partial charge in [-0.25, -0.2) is 4.39 Å². The summed E-state index contributed by atoms with van der Waals surface area (Å²) in [5.41, 5.74) is 0.975. The fourth-order valence-electron chi connectivity index (χ4n) is 3.81. The molecule has 0 radical (unpaired) electrons. The molecule has 0 fully saturated rings. The number of halogens is 2. The Bertz CT molecular complexity index is 1180. The molecule has 0 saturated carbocycles. The number of aryl methyl sites for hydroxylation is 1. The van der Waals surface area contributed by atoms with E-state index in [0.717, 1.165) is 12.0 Å². The van der Waals surface area contributed by atoms with Gasteiger partial charge in [0, 0.05) is 22.7 Å². The summed E-state index contributed by atoms with van der Waals surface area (Å²) in [7, 11) is 0. The van der Waals surface area contributed by atoms with E-state index in [1.54, 1.807) is 36.4 Å². The summed E-state index contributed by atoms with van der Waals surface area (Å²) >= 11 is 6.00. The molecule has 35 heavy (non-hydrogen) atoms. The first-order valence-corrected chi connectivity index (χ1v) is 11.7. The van der Waals surface area contributed by atoms with Crippen LogP contribution >= 0.6 is 11.6 Å². The summed E-state index contributed by atoms with van der Waals surface area (Å²) in [6.45, 7) is 2.82. The number of aliphatic hydroxyl groups excluding tert-OH is 1. The first kappa shape index (κ1) is 26.4. The lowest BCUT2D eigenvalue weighted by Crippen LogP contribution is -2.44. The van der Waals surface area contributed by atoms with Crippen molar-refractivity contribution in [2.75, 3.05) is 6.61 Å². The summed E-state index contributed by atoms with van der Waals surface area (Å²) in [6.07, 6.45) is 1.77. The van der Waals surface area contributed by atoms with Crippen LogP contribution in [-0.2, 0) is 17.6 Å². The molecular formula is C26H28ClFN2O5. The molecule has 1 aromatic heterocycles. The SMILES string of the molecule is CCCc1cc(C(=O)NC(Cc2ccc(-c3cc(Cl)ccc3F)cc2)CC(C)(CO)C(=O)O)on1. The molecule has 3 rings (SSSR count). The second kappa shape index (κ2) is 11.5. The van der Waals surface area contributed by atoms with Crippen LogP contribution in [0.25, 0.3) is 11.1 Å². The summed E-state index contributed by atoms with van der Waals surface area (Å²) in [5, 5.41) is 26.5. The minimum atomic E-state index is -1.46. The molecule has 1 heterocycles. The molecule has 2 atom stereocenters. The average molecular weight is 503 g/mol. The van der Waals surface area contributed by atoms with Crippen molar-refractivity contribution in [1.29, 1.82) is 0 Å². The Morgan fingerprint density at radius 1 is 1.20 bits per heavy atom. The lowest BCUT2D eigenvalue weighted by atomic mass is 9.82. The van der Waals surface area contributed by atoms with Crippen molar-refractivity contribution in [3.05, 3.63) is 76.4 Å². The van der Waals surface area contributed by atoms with E-state index in [-0.39, 0.29) is 18.6 Å². The van der Waals surface area contributed by atoms with Crippen molar-refractivity contribution >= 4 is 23.5 Å². The van der Waals surface area contributed by atoms with Gasteiger partial charge in [-0.05, 0) is 55.5 Å². The van der Waals surface area contributed by atoms with E-state index in [1.165, 1.54) is 19.1 Å². The average Bonchev–Trinajstić information content (AvgIpc) is 3.30. The van der Waals surface area contributed by atoms with E-state index in [9.17, 15) is 24.2 Å². The Morgan fingerprint density at radius 2 is 1.91 bits per heavy atom. The van der Waals surface area contributed by atoms with E-state index in [1.807, 2.05) is 6.92 Å². The summed E-state index contributed by atoms with van der Waals surface area (Å²) in [5.74, 6) is -2.06. The van der Waals surface area contributed by atoms with Gasteiger partial charge in [0.05, 0.1) is 17.7 Å². The van der Waals surface area contributed by atoms with Crippen LogP contribution in [0.1, 0.15) is 48.5 Å². The highest BCUT2D eigenvalue weighted by Gasteiger charge is 2.36. The zero-order chi connectivity index (χ0) is 25.6. The predicted molar refractivity (Wildman–Crippen MR) is 130 cm³/mol. The lowest BCUT2D eigenvalue weighted by molar-refractivity contribution is -0.151. The number of rotatable bonds is 11. The van der Waals surface area contributed by atoms with Crippen LogP contribution in [0.2, 0.25) is 5.02 Å². The smallest absolute Gasteiger partial charge is 0.311 e. The molecule has 2 aromatic carbocycles. The Hall–Kier alpha value is -3.23. The number of hydrogen-bond acceptors (Lipinski definition) is 5. The second-order valence-electron chi connectivity index (χ2n) is 8.86. The Labute approximate surface area is 207 Å². The van der Waals surface area contributed by atoms with Gasteiger partial charge in [0.1, 0.15) is 5.82 Å². The highest BCUT2D eigenvalue weighted by molar-refractivity contribution is 6.30. The fraction of sp³-hybridized carbons (Fsp3) is 0.346. The Balaban J connectivity index is 1.82. The van der Waals surface area contributed by atoms with Crippen molar-refractivity contribution in [2.24, 2.45) is 5.41 Å². The number of carbonyl (C=O) groups is 2. The van der Waals surface area contributed by atoms with Crippen LogP contribution in [0.4, 0.5) is 4.39 Å². The number of carbonyl (C=O) groups excluding carboxylic acids is 1. The number of aromatic nitrogens is 1. The number of aliphatic carboxylic acids is 1. The fourth-order valence-corrected chi connectivity index (χ4v) is 3.98. The molecule has 9 heteroatoms. The van der Waals surface area contributed by atoms with Crippen LogP contribution in [0.15, 0.2) is 53.1 Å². The molecule has 0 spiro atoms. The van der Waals surface area contributed by atoms with Gasteiger partial charge in [-0.3, -0.25) is 9.59 Å². The number of nitrogens with one attached hydrogen (secondary N) is 1. The normalized spacial score (nSPS) is 13.7. The third-order valence-corrected chi connectivity index (χ3v) is 6.10. The zero-order valence-electron chi connectivity index (χ0n) is 19.6. The van der Waals surface area contributed by atoms with Gasteiger partial charge in [-0.15, -0.1) is 0 Å². The number of carboxylic acid groups (broad SMARTS) is 1. The van der Waals surface area contributed by atoms with Crippen LogP contribution in [-0.4, -0.2) is 39.9 Å². The third kappa shape index (κ3) is 6.68. The van der Waals surface area contributed by atoms with Crippen molar-refractivity contribution in [1.82, 2.24) is 10.5 Å². The predicted octanol–water partition coefficient (Wildman–Crippen LogP) is 4.90. The van der Waals surface area contributed by atoms with E-state index in [2.05, 4.69) is 10.5 Å². The number of carboxylic acids is 1. The maximum Gasteiger partial charge on any atom is 0.311 e. The minimum absolute atomic E-state index is 0.0226. The van der Waals surface area contributed by atoms with Gasteiger partial charge in [0.2, 0.25) is 5.76 Å². The van der Waals surface area contributed by atoms with Crippen LogP contribution in [0.3, 0.4) is 0 Å². The number of benzene rings is 2. The van der Waals surface area contributed by atoms with Crippen molar-refractivity contribution in [3.8, 4) is 11.1 Å². The van der Waals surface area contributed by atoms with Crippen molar-refractivity contribution in [3.63, 3.8) is 0 Å². The van der Waals surface area contributed by atoms with Crippen LogP contribution < -0.4 is 5.32 Å². The summed E-state index contributed by atoms with van der Waals surface area (Å²) in [4.78, 5) is 24.6. The maximum absolute atomic E-state index is 14.2. The standard InChI is InChI=1S/C26H28ClFN2O5/c1-3-4-19-13-23(35-30-19)24(32)29-20(14-26(2,15-31)25(33)34)11-16-5-7-17(8-6-16)21-12-18(27)9-10-22(21)28/h5-10,12-13,20,31H,3-4,11,14-15H2,1-2H3,(H,29,32)(H,33,34). The third-order valence-electron chi connectivity index (χ3n) is 5.86. The lowest BCUT2D eigenvalue weighted by Gasteiger charge is -2.28. The quantitative estimate of drug-likeness (QED) is 0.344. The van der Waals surface area contributed by atoms with Gasteiger partial charge in [0.25, 0.3) is 5.91 Å². The second-order valence-corrected chi connectivity index (χ2v) is 9.29. The highest BCUT2D eigenvalue weighted by atomic mass is 35.5. The van der Waals surface area contributed by atoms with Crippen LogP contribution in [0, 0.1) is 11.2 Å². The molecule has 0 bridgehead atoms. The van der Waals surface area contributed by atoms with Crippen molar-refractivity contribution < 1.29 is 28.7 Å². The van der Waals surface area contributed by atoms with E-state index in [0.29, 0.717) is 28.3 Å². The molecule has 0 aliphatic heterocycles. The Kier molecular flexibility index (Phi) is 8.64. The first-order valence-electron chi connectivity index (χ1n) is 11.3. The number of nitrogens with zero attached hydrogens (tertiary/aromatic N) is 1. The van der Waals surface area contributed by atoms with Gasteiger partial charge in [-0.2, -0.15) is 0 Å². The molecule has 2 unspecified atom stereocenters. The molecule has 0 saturated heterocycles. The van der Waals surface area contributed by atoms with E-state index >= 15 is 0 Å². The largest absolute Gasteiger partial charge is 0.481 e. The Morgan fingerprint density at radius 3 is 2.54 bits per heavy atom. The molecule has 186 valence electrons. The molecular weight excluding hydrogens is 475 g/mol.